The van der Waals surface area contributed by atoms with E-state index in [0.717, 1.165) is 39.6 Å². The van der Waals surface area contributed by atoms with Crippen molar-refractivity contribution in [2.45, 2.75) is 12.5 Å². The number of carbonyl (C=O) groups is 1. The molecule has 154 valence electrons. The second-order valence-electron chi connectivity index (χ2n) is 7.54. The van der Waals surface area contributed by atoms with Gasteiger partial charge in [0.25, 0.3) is 5.91 Å². The Labute approximate surface area is 190 Å². The maximum Gasteiger partial charge on any atom is 0.251 e. The Kier molecular flexibility index (Phi) is 5.31. The molecular formula is C26H19Cl2NO2. The van der Waals surface area contributed by atoms with Crippen LogP contribution < -0.4 is 10.1 Å². The van der Waals surface area contributed by atoms with Crippen LogP contribution in [-0.4, -0.2) is 12.5 Å². The number of benzene rings is 4. The summed E-state index contributed by atoms with van der Waals surface area (Å²) in [6, 6.07) is 25.1. The van der Waals surface area contributed by atoms with Crippen LogP contribution in [0.5, 0.6) is 5.75 Å². The monoisotopic (exact) mass is 447 g/mol. The smallest absolute Gasteiger partial charge is 0.251 e. The van der Waals surface area contributed by atoms with Crippen LogP contribution in [0.15, 0.2) is 78.9 Å². The molecule has 31 heavy (non-hydrogen) atoms. The lowest BCUT2D eigenvalue weighted by Crippen LogP contribution is -2.32. The fourth-order valence-electron chi connectivity index (χ4n) is 4.11. The van der Waals surface area contributed by atoms with E-state index in [9.17, 15) is 4.79 Å². The van der Waals surface area contributed by atoms with Gasteiger partial charge in [-0.2, -0.15) is 0 Å². The van der Waals surface area contributed by atoms with Gasteiger partial charge in [0.1, 0.15) is 5.75 Å². The van der Waals surface area contributed by atoms with Gasteiger partial charge in [0.2, 0.25) is 0 Å². The first kappa shape index (κ1) is 19.9. The molecule has 4 aromatic carbocycles. The average Bonchev–Trinajstić information content (AvgIpc) is 2.80. The van der Waals surface area contributed by atoms with Crippen LogP contribution in [0.2, 0.25) is 10.0 Å². The van der Waals surface area contributed by atoms with Gasteiger partial charge >= 0.3 is 0 Å². The van der Waals surface area contributed by atoms with Crippen LogP contribution in [0, 0.1) is 0 Å². The maximum atomic E-state index is 13.0. The molecule has 0 radical (unpaired) electrons. The van der Waals surface area contributed by atoms with Gasteiger partial charge in [-0.25, -0.2) is 0 Å². The summed E-state index contributed by atoms with van der Waals surface area (Å²) in [5.74, 6) is 0.732. The first-order chi connectivity index (χ1) is 15.1. The first-order valence-corrected chi connectivity index (χ1v) is 10.9. The molecule has 1 atom stereocenters. The van der Waals surface area contributed by atoms with Crippen LogP contribution in [0.1, 0.15) is 28.4 Å². The number of rotatable bonds is 3. The third-order valence-corrected chi connectivity index (χ3v) is 6.47. The summed E-state index contributed by atoms with van der Waals surface area (Å²) < 4.78 is 5.70. The molecule has 5 rings (SSSR count). The van der Waals surface area contributed by atoms with Gasteiger partial charge in [-0.15, -0.1) is 0 Å². The van der Waals surface area contributed by atoms with Gasteiger partial charge in [0.05, 0.1) is 22.7 Å². The lowest BCUT2D eigenvalue weighted by molar-refractivity contribution is 0.0925. The van der Waals surface area contributed by atoms with Gasteiger partial charge < -0.3 is 10.1 Å². The summed E-state index contributed by atoms with van der Waals surface area (Å²) in [7, 11) is 0. The zero-order valence-electron chi connectivity index (χ0n) is 16.6. The van der Waals surface area contributed by atoms with E-state index in [-0.39, 0.29) is 11.9 Å². The molecule has 1 N–H and O–H groups in total. The molecule has 0 saturated heterocycles. The minimum Gasteiger partial charge on any atom is -0.493 e. The highest BCUT2D eigenvalue weighted by Crippen LogP contribution is 2.37. The van der Waals surface area contributed by atoms with Crippen molar-refractivity contribution in [2.24, 2.45) is 0 Å². The van der Waals surface area contributed by atoms with E-state index < -0.39 is 0 Å². The Hall–Kier alpha value is -3.01. The number of amides is 1. The Bertz CT molecular complexity index is 1300. The van der Waals surface area contributed by atoms with Crippen LogP contribution in [-0.2, 0) is 0 Å². The van der Waals surface area contributed by atoms with Crippen molar-refractivity contribution in [2.75, 3.05) is 6.61 Å². The molecule has 4 aromatic rings. The van der Waals surface area contributed by atoms with E-state index in [1.165, 1.54) is 0 Å². The van der Waals surface area contributed by atoms with Crippen molar-refractivity contribution in [3.63, 3.8) is 0 Å². The predicted octanol–water partition coefficient (Wildman–Crippen LogP) is 7.07. The molecule has 1 heterocycles. The molecule has 0 bridgehead atoms. The van der Waals surface area contributed by atoms with Crippen molar-refractivity contribution in [3.8, 4) is 16.9 Å². The van der Waals surface area contributed by atoms with Gasteiger partial charge in [0.15, 0.2) is 0 Å². The summed E-state index contributed by atoms with van der Waals surface area (Å²) in [5, 5.41) is 6.18. The van der Waals surface area contributed by atoms with E-state index in [4.69, 9.17) is 27.9 Å². The summed E-state index contributed by atoms with van der Waals surface area (Å²) in [5.41, 5.74) is 3.48. The normalized spacial score (nSPS) is 15.2. The summed E-state index contributed by atoms with van der Waals surface area (Å²) in [6.45, 7) is 0.587. The van der Waals surface area contributed by atoms with Crippen molar-refractivity contribution in [3.05, 3.63) is 100 Å². The van der Waals surface area contributed by atoms with Gasteiger partial charge in [-0.3, -0.25) is 4.79 Å². The van der Waals surface area contributed by atoms with Gasteiger partial charge in [-0.1, -0.05) is 77.8 Å². The molecule has 0 saturated carbocycles. The Morgan fingerprint density at radius 1 is 0.903 bits per heavy atom. The summed E-state index contributed by atoms with van der Waals surface area (Å²) >= 11 is 12.7. The third kappa shape index (κ3) is 3.76. The lowest BCUT2D eigenvalue weighted by Gasteiger charge is -2.26. The molecule has 1 aliphatic heterocycles. The third-order valence-electron chi connectivity index (χ3n) is 5.65. The molecule has 5 heteroatoms. The minimum atomic E-state index is -0.102. The number of carbonyl (C=O) groups excluding carboxylic acids is 1. The van der Waals surface area contributed by atoms with Crippen molar-refractivity contribution in [1.29, 1.82) is 0 Å². The quantitative estimate of drug-likeness (QED) is 0.364. The fraction of sp³-hybridized carbons (Fsp3) is 0.115. The van der Waals surface area contributed by atoms with E-state index in [2.05, 4.69) is 5.32 Å². The number of ether oxygens (including phenoxy) is 1. The van der Waals surface area contributed by atoms with Gasteiger partial charge in [-0.05, 0) is 40.6 Å². The fourth-order valence-corrected chi connectivity index (χ4v) is 4.51. The van der Waals surface area contributed by atoms with Crippen LogP contribution >= 0.6 is 23.2 Å². The van der Waals surface area contributed by atoms with Crippen LogP contribution in [0.25, 0.3) is 21.9 Å². The number of fused-ring (bicyclic) bond motifs is 2. The summed E-state index contributed by atoms with van der Waals surface area (Å²) in [4.78, 5) is 13.0. The van der Waals surface area contributed by atoms with E-state index in [1.54, 1.807) is 6.07 Å². The highest BCUT2D eigenvalue weighted by molar-refractivity contribution is 6.44. The number of nitrogens with one attached hydrogen (secondary N) is 1. The zero-order valence-corrected chi connectivity index (χ0v) is 18.1. The molecule has 0 aromatic heterocycles. The molecule has 0 aliphatic carbocycles. The lowest BCUT2D eigenvalue weighted by atomic mass is 9.96. The standard InChI is InChI=1S/C26H19Cl2NO2/c27-22-9-4-8-20(25(22)28)19-7-3-5-16-15-17(11-12-18(16)19)26(30)29-23-13-14-31-24-10-2-1-6-21(23)24/h1-12,15,23H,13-14H2,(H,29,30)/t23-/m0/s1. The highest BCUT2D eigenvalue weighted by atomic mass is 35.5. The number of halogens is 2. The van der Waals surface area contributed by atoms with Crippen LogP contribution in [0.3, 0.4) is 0 Å². The predicted molar refractivity (Wildman–Crippen MR) is 126 cm³/mol. The number of hydrogen-bond acceptors (Lipinski definition) is 2. The van der Waals surface area contributed by atoms with E-state index in [1.807, 2.05) is 72.8 Å². The molecule has 3 nitrogen and oxygen atoms in total. The Morgan fingerprint density at radius 3 is 2.61 bits per heavy atom. The Morgan fingerprint density at radius 2 is 1.71 bits per heavy atom. The first-order valence-electron chi connectivity index (χ1n) is 10.1. The second kappa shape index (κ2) is 8.26. The molecule has 0 spiro atoms. The van der Waals surface area contributed by atoms with Crippen molar-refractivity contribution in [1.82, 2.24) is 5.32 Å². The number of hydrogen-bond donors (Lipinski definition) is 1. The molecule has 1 aliphatic rings. The highest BCUT2D eigenvalue weighted by Gasteiger charge is 2.23. The molecular weight excluding hydrogens is 429 g/mol. The van der Waals surface area contributed by atoms with Gasteiger partial charge in [0, 0.05) is 23.1 Å². The zero-order chi connectivity index (χ0) is 21.4. The average molecular weight is 448 g/mol. The van der Waals surface area contributed by atoms with E-state index >= 15 is 0 Å². The van der Waals surface area contributed by atoms with Crippen LogP contribution in [0.4, 0.5) is 0 Å². The summed E-state index contributed by atoms with van der Waals surface area (Å²) in [6.07, 6.45) is 0.744. The largest absolute Gasteiger partial charge is 0.493 e. The number of para-hydroxylation sites is 1. The van der Waals surface area contributed by atoms with Crippen molar-refractivity contribution >= 4 is 39.9 Å². The molecule has 0 fully saturated rings. The van der Waals surface area contributed by atoms with E-state index in [0.29, 0.717) is 22.2 Å². The van der Waals surface area contributed by atoms with Crippen molar-refractivity contribution < 1.29 is 9.53 Å². The second-order valence-corrected chi connectivity index (χ2v) is 8.33. The maximum absolute atomic E-state index is 13.0. The molecule has 0 unspecified atom stereocenters. The topological polar surface area (TPSA) is 38.3 Å². The minimum absolute atomic E-state index is 0.0650. The Balaban J connectivity index is 1.47. The SMILES string of the molecule is O=C(N[C@H]1CCOc2ccccc21)c1ccc2c(-c3cccc(Cl)c3Cl)cccc2c1. The molecule has 1 amide bonds.